The van der Waals surface area contributed by atoms with Gasteiger partial charge in [0.15, 0.2) is 5.78 Å². The number of rotatable bonds is 6. The number of Topliss-reactive ketones (excluding diaryl/α,β-unsaturated/α-hetero) is 1. The predicted molar refractivity (Wildman–Crippen MR) is 153 cm³/mol. The molecule has 2 heterocycles. The summed E-state index contributed by atoms with van der Waals surface area (Å²) in [5, 5.41) is 16.5. The molecule has 2 aliphatic rings. The van der Waals surface area contributed by atoms with Crippen molar-refractivity contribution in [2.24, 2.45) is 5.41 Å². The van der Waals surface area contributed by atoms with Crippen LogP contribution in [0.5, 0.6) is 5.75 Å². The Morgan fingerprint density at radius 2 is 1.74 bits per heavy atom. The Morgan fingerprint density at radius 3 is 2.59 bits per heavy atom. The van der Waals surface area contributed by atoms with Crippen molar-refractivity contribution in [1.29, 1.82) is 0 Å². The summed E-state index contributed by atoms with van der Waals surface area (Å²) in [5.74, 6) is 0.843. The minimum absolute atomic E-state index is 0.113. The van der Waals surface area contributed by atoms with Gasteiger partial charge in [0.2, 0.25) is 0 Å². The molecule has 0 fully saturated rings. The highest BCUT2D eigenvalue weighted by Gasteiger charge is 2.39. The zero-order valence-electron chi connectivity index (χ0n) is 21.9. The first kappa shape index (κ1) is 25.2. The van der Waals surface area contributed by atoms with Gasteiger partial charge in [-0.25, -0.2) is 4.68 Å². The number of anilines is 2. The van der Waals surface area contributed by atoms with Crippen LogP contribution in [0, 0.1) is 5.41 Å². The Labute approximate surface area is 232 Å². The lowest BCUT2D eigenvalue weighted by Crippen LogP contribution is -2.31. The van der Waals surface area contributed by atoms with Gasteiger partial charge in [0.25, 0.3) is 0 Å². The van der Waals surface area contributed by atoms with Gasteiger partial charge in [-0.05, 0) is 41.7 Å². The third-order valence-corrected chi connectivity index (χ3v) is 7.57. The first-order valence-electron chi connectivity index (χ1n) is 13.1. The van der Waals surface area contributed by atoms with Crippen molar-refractivity contribution in [2.45, 2.75) is 45.9 Å². The van der Waals surface area contributed by atoms with E-state index in [9.17, 15) is 4.79 Å². The average Bonchev–Trinajstić information content (AvgIpc) is 3.28. The number of benzene rings is 3. The first-order valence-corrected chi connectivity index (χ1v) is 13.5. The summed E-state index contributed by atoms with van der Waals surface area (Å²) in [7, 11) is 0. The topological polar surface area (TPSA) is 81.1 Å². The largest absolute Gasteiger partial charge is 0.487 e. The monoisotopic (exact) mass is 539 g/mol. The molecule has 7 nitrogen and oxygen atoms in total. The second-order valence-electron chi connectivity index (χ2n) is 10.9. The van der Waals surface area contributed by atoms with Gasteiger partial charge in [0.05, 0.1) is 30.2 Å². The summed E-state index contributed by atoms with van der Waals surface area (Å²) in [6.45, 7) is 5.06. The van der Waals surface area contributed by atoms with Crippen LogP contribution in [0.25, 0.3) is 0 Å². The fourth-order valence-electron chi connectivity index (χ4n) is 5.41. The van der Waals surface area contributed by atoms with Crippen LogP contribution >= 0.6 is 11.6 Å². The van der Waals surface area contributed by atoms with E-state index in [-0.39, 0.29) is 23.8 Å². The van der Waals surface area contributed by atoms with E-state index in [4.69, 9.17) is 16.3 Å². The molecule has 1 atom stereocenters. The zero-order valence-corrected chi connectivity index (χ0v) is 22.7. The lowest BCUT2D eigenvalue weighted by atomic mass is 9.73. The number of fused-ring (bicyclic) bond motifs is 1. The Bertz CT molecular complexity index is 1570. The highest BCUT2D eigenvalue weighted by atomic mass is 35.5. The maximum absolute atomic E-state index is 13.6. The number of nitrogens with zero attached hydrogens (tertiary/aromatic N) is 3. The number of halogens is 1. The number of carbonyl (C=O) groups excluding carboxylic acids is 1. The third kappa shape index (κ3) is 5.27. The van der Waals surface area contributed by atoms with Crippen LogP contribution in [-0.4, -0.2) is 20.8 Å². The Kier molecular flexibility index (Phi) is 6.61. The SMILES string of the molecule is CC1(C)CC(=O)C2=C(C1)Nc1ccccc1NC2c1ccccc1OCc1cn(Cc2ccccc2Cl)nn1. The van der Waals surface area contributed by atoms with Crippen LogP contribution in [0.3, 0.4) is 0 Å². The van der Waals surface area contributed by atoms with Gasteiger partial charge in [0, 0.05) is 28.3 Å². The summed E-state index contributed by atoms with van der Waals surface area (Å²) in [6, 6.07) is 23.3. The number of aromatic nitrogens is 3. The van der Waals surface area contributed by atoms with E-state index >= 15 is 0 Å². The molecule has 0 amide bonds. The van der Waals surface area contributed by atoms with Crippen molar-refractivity contribution in [3.8, 4) is 5.75 Å². The van der Waals surface area contributed by atoms with Crippen LogP contribution in [0.1, 0.15) is 49.6 Å². The van der Waals surface area contributed by atoms with Crippen LogP contribution in [0.2, 0.25) is 5.02 Å². The quantitative estimate of drug-likeness (QED) is 0.281. The number of para-hydroxylation sites is 3. The second-order valence-corrected chi connectivity index (χ2v) is 11.3. The fourth-order valence-corrected chi connectivity index (χ4v) is 5.60. The van der Waals surface area contributed by atoms with Crippen molar-refractivity contribution < 1.29 is 9.53 Å². The molecule has 198 valence electrons. The molecule has 1 aliphatic heterocycles. The van der Waals surface area contributed by atoms with Crippen molar-refractivity contribution >= 4 is 28.8 Å². The summed E-state index contributed by atoms with van der Waals surface area (Å²) >= 11 is 6.31. The summed E-state index contributed by atoms with van der Waals surface area (Å²) in [6.07, 6.45) is 3.15. The van der Waals surface area contributed by atoms with E-state index in [1.54, 1.807) is 4.68 Å². The molecule has 0 saturated carbocycles. The van der Waals surface area contributed by atoms with E-state index in [2.05, 4.69) is 34.8 Å². The smallest absolute Gasteiger partial charge is 0.163 e. The highest BCUT2D eigenvalue weighted by molar-refractivity contribution is 6.31. The molecule has 4 aromatic rings. The fraction of sp³-hybridized carbons (Fsp3) is 0.258. The molecule has 39 heavy (non-hydrogen) atoms. The van der Waals surface area contributed by atoms with Gasteiger partial charge in [-0.15, -0.1) is 5.10 Å². The van der Waals surface area contributed by atoms with Crippen LogP contribution < -0.4 is 15.4 Å². The molecule has 2 N–H and O–H groups in total. The molecule has 1 unspecified atom stereocenters. The van der Waals surface area contributed by atoms with E-state index in [0.29, 0.717) is 29.4 Å². The molecule has 3 aromatic carbocycles. The van der Waals surface area contributed by atoms with E-state index < -0.39 is 0 Å². The minimum atomic E-state index is -0.355. The third-order valence-electron chi connectivity index (χ3n) is 7.20. The number of ketones is 1. The van der Waals surface area contributed by atoms with Crippen LogP contribution in [-0.2, 0) is 17.9 Å². The normalized spacial score (nSPS) is 17.9. The van der Waals surface area contributed by atoms with E-state index in [1.807, 2.05) is 79.0 Å². The predicted octanol–water partition coefficient (Wildman–Crippen LogP) is 6.78. The van der Waals surface area contributed by atoms with Crippen molar-refractivity contribution in [3.63, 3.8) is 0 Å². The molecule has 6 rings (SSSR count). The number of nitrogens with one attached hydrogen (secondary N) is 2. The first-order chi connectivity index (χ1) is 18.9. The standard InChI is InChI=1S/C31H30ClN5O2/c1-31(2)15-26-29(27(38)16-31)30(34-25-13-7-6-12-24(25)33-26)22-10-4-8-14-28(22)39-19-21-18-37(36-35-21)17-20-9-3-5-11-23(20)32/h3-14,18,30,33-34H,15-17,19H2,1-2H3. The molecule has 0 bridgehead atoms. The van der Waals surface area contributed by atoms with Gasteiger partial charge < -0.3 is 15.4 Å². The van der Waals surface area contributed by atoms with Crippen molar-refractivity contribution in [2.75, 3.05) is 10.6 Å². The van der Waals surface area contributed by atoms with Gasteiger partial charge in [-0.2, -0.15) is 0 Å². The maximum Gasteiger partial charge on any atom is 0.163 e. The number of allylic oxidation sites excluding steroid dienone is 1. The number of hydrogen-bond acceptors (Lipinski definition) is 6. The Balaban J connectivity index is 1.29. The van der Waals surface area contributed by atoms with Crippen LogP contribution in [0.4, 0.5) is 11.4 Å². The molecular weight excluding hydrogens is 510 g/mol. The Morgan fingerprint density at radius 1 is 1.00 bits per heavy atom. The zero-order chi connectivity index (χ0) is 27.0. The minimum Gasteiger partial charge on any atom is -0.487 e. The summed E-state index contributed by atoms with van der Waals surface area (Å²) in [4.78, 5) is 13.6. The van der Waals surface area contributed by atoms with Gasteiger partial charge in [-0.1, -0.05) is 79.2 Å². The number of hydrogen-bond donors (Lipinski definition) is 2. The average molecular weight is 540 g/mol. The maximum atomic E-state index is 13.6. The van der Waals surface area contributed by atoms with Gasteiger partial charge in [0.1, 0.15) is 18.1 Å². The van der Waals surface area contributed by atoms with Gasteiger partial charge >= 0.3 is 0 Å². The second kappa shape index (κ2) is 10.2. The molecule has 8 heteroatoms. The lowest BCUT2D eigenvalue weighted by molar-refractivity contribution is -0.118. The van der Waals surface area contributed by atoms with E-state index in [0.717, 1.165) is 40.2 Å². The molecule has 1 aromatic heterocycles. The number of carbonyl (C=O) groups is 1. The van der Waals surface area contributed by atoms with Crippen molar-refractivity contribution in [1.82, 2.24) is 15.0 Å². The summed E-state index contributed by atoms with van der Waals surface area (Å²) in [5.41, 5.74) is 6.11. The highest BCUT2D eigenvalue weighted by Crippen LogP contribution is 2.46. The van der Waals surface area contributed by atoms with E-state index in [1.165, 1.54) is 0 Å². The molecule has 0 saturated heterocycles. The number of ether oxygens (including phenoxy) is 1. The molecular formula is C31H30ClN5O2. The van der Waals surface area contributed by atoms with Gasteiger partial charge in [-0.3, -0.25) is 4.79 Å². The summed E-state index contributed by atoms with van der Waals surface area (Å²) < 4.78 is 8.06. The molecule has 0 spiro atoms. The Hall–Kier alpha value is -4.10. The molecule has 0 radical (unpaired) electrons. The molecule has 1 aliphatic carbocycles. The van der Waals surface area contributed by atoms with Crippen LogP contribution in [0.15, 0.2) is 90.3 Å². The van der Waals surface area contributed by atoms with Crippen molar-refractivity contribution in [3.05, 3.63) is 112 Å². The lowest BCUT2D eigenvalue weighted by Gasteiger charge is -2.34.